The first-order valence-corrected chi connectivity index (χ1v) is 5.16. The molecule has 0 spiro atoms. The van der Waals surface area contributed by atoms with Crippen LogP contribution in [0.1, 0.15) is 19.4 Å². The second-order valence-electron chi connectivity index (χ2n) is 3.47. The molecule has 0 aromatic heterocycles. The van der Waals surface area contributed by atoms with Gasteiger partial charge in [-0.3, -0.25) is 4.99 Å². The van der Waals surface area contributed by atoms with Crippen molar-refractivity contribution in [1.29, 1.82) is 0 Å². The van der Waals surface area contributed by atoms with Crippen LogP contribution in [0.15, 0.2) is 53.7 Å². The van der Waals surface area contributed by atoms with Crippen LogP contribution in [0.2, 0.25) is 0 Å². The Kier molecular flexibility index (Phi) is 4.52. The van der Waals surface area contributed by atoms with Crippen molar-refractivity contribution >= 4 is 5.71 Å². The van der Waals surface area contributed by atoms with Crippen molar-refractivity contribution in [1.82, 2.24) is 0 Å². The van der Waals surface area contributed by atoms with E-state index >= 15 is 0 Å². The number of allylic oxidation sites excluding steroid dienone is 3. The van der Waals surface area contributed by atoms with Crippen molar-refractivity contribution in [3.8, 4) is 5.75 Å². The van der Waals surface area contributed by atoms with Crippen molar-refractivity contribution < 1.29 is 4.74 Å². The lowest BCUT2D eigenvalue weighted by atomic mass is 10.1. The summed E-state index contributed by atoms with van der Waals surface area (Å²) in [5, 5.41) is 0. The van der Waals surface area contributed by atoms with E-state index in [1.807, 2.05) is 44.2 Å². The van der Waals surface area contributed by atoms with Gasteiger partial charge in [-0.15, -0.1) is 0 Å². The minimum atomic E-state index is 0.845. The van der Waals surface area contributed by atoms with Gasteiger partial charge in [0.2, 0.25) is 0 Å². The molecule has 0 saturated carbocycles. The summed E-state index contributed by atoms with van der Waals surface area (Å²) in [6, 6.07) is 7.87. The number of methoxy groups -OCH3 is 1. The molecule has 0 amide bonds. The maximum absolute atomic E-state index is 5.17. The van der Waals surface area contributed by atoms with Crippen LogP contribution in [0.25, 0.3) is 0 Å². The smallest absolute Gasteiger partial charge is 0.119 e. The summed E-state index contributed by atoms with van der Waals surface area (Å²) in [7, 11) is 1.66. The molecule has 0 aliphatic heterocycles. The lowest BCUT2D eigenvalue weighted by Crippen LogP contribution is -1.95. The van der Waals surface area contributed by atoms with E-state index in [0.29, 0.717) is 0 Å². The van der Waals surface area contributed by atoms with Crippen LogP contribution in [-0.4, -0.2) is 12.8 Å². The van der Waals surface area contributed by atoms with Crippen LogP contribution in [-0.2, 0) is 0 Å². The van der Waals surface area contributed by atoms with E-state index < -0.39 is 0 Å². The fourth-order valence-electron chi connectivity index (χ4n) is 1.39. The van der Waals surface area contributed by atoms with Gasteiger partial charge in [-0.1, -0.05) is 24.8 Å². The predicted molar refractivity (Wildman–Crippen MR) is 69.2 cm³/mol. The van der Waals surface area contributed by atoms with Crippen molar-refractivity contribution in [3.05, 3.63) is 54.3 Å². The van der Waals surface area contributed by atoms with Gasteiger partial charge in [0.05, 0.1) is 7.11 Å². The quantitative estimate of drug-likeness (QED) is 0.555. The van der Waals surface area contributed by atoms with Gasteiger partial charge >= 0.3 is 0 Å². The Bertz CT molecular complexity index is 430. The molecule has 1 aromatic rings. The maximum atomic E-state index is 5.17. The van der Waals surface area contributed by atoms with E-state index in [1.54, 1.807) is 13.2 Å². The number of hydrogen-bond donors (Lipinski definition) is 0. The van der Waals surface area contributed by atoms with Crippen molar-refractivity contribution in [2.75, 3.05) is 7.11 Å². The molecular weight excluding hydrogens is 198 g/mol. The highest BCUT2D eigenvalue weighted by molar-refractivity contribution is 5.99. The SMILES string of the molecule is C=C/C=C(/C)N=C(C)c1cccc(OC)c1. The number of benzene rings is 1. The highest BCUT2D eigenvalue weighted by Crippen LogP contribution is 2.14. The summed E-state index contributed by atoms with van der Waals surface area (Å²) in [4.78, 5) is 4.46. The lowest BCUT2D eigenvalue weighted by Gasteiger charge is -2.04. The zero-order valence-electron chi connectivity index (χ0n) is 10.0. The van der Waals surface area contributed by atoms with Gasteiger partial charge < -0.3 is 4.74 Å². The standard InChI is InChI=1S/C14H17NO/c1-5-7-11(2)15-12(3)13-8-6-9-14(10-13)16-4/h5-10H,1H2,2-4H3/b11-7-,15-12?. The molecule has 0 bridgehead atoms. The Balaban J connectivity index is 2.99. The molecule has 0 atom stereocenters. The molecule has 84 valence electrons. The van der Waals surface area contributed by atoms with Gasteiger partial charge in [-0.05, 0) is 37.6 Å². The van der Waals surface area contributed by atoms with Crippen molar-refractivity contribution in [2.24, 2.45) is 4.99 Å². The molecule has 0 fully saturated rings. The van der Waals surface area contributed by atoms with Crippen LogP contribution in [0.5, 0.6) is 5.75 Å². The maximum Gasteiger partial charge on any atom is 0.119 e. The van der Waals surface area contributed by atoms with E-state index in [2.05, 4.69) is 11.6 Å². The Morgan fingerprint density at radius 2 is 2.12 bits per heavy atom. The number of ether oxygens (including phenoxy) is 1. The van der Waals surface area contributed by atoms with E-state index in [9.17, 15) is 0 Å². The van der Waals surface area contributed by atoms with Gasteiger partial charge in [0.1, 0.15) is 5.75 Å². The third kappa shape index (κ3) is 3.39. The molecule has 16 heavy (non-hydrogen) atoms. The first-order valence-electron chi connectivity index (χ1n) is 5.16. The summed E-state index contributed by atoms with van der Waals surface area (Å²) < 4.78 is 5.17. The van der Waals surface area contributed by atoms with Gasteiger partial charge in [0.25, 0.3) is 0 Å². The summed E-state index contributed by atoms with van der Waals surface area (Å²) >= 11 is 0. The minimum absolute atomic E-state index is 0.845. The molecule has 0 unspecified atom stereocenters. The largest absolute Gasteiger partial charge is 0.497 e. The van der Waals surface area contributed by atoms with Crippen molar-refractivity contribution in [3.63, 3.8) is 0 Å². The second kappa shape index (κ2) is 5.91. The first kappa shape index (κ1) is 12.2. The molecule has 0 saturated heterocycles. The Hall–Kier alpha value is -1.83. The molecule has 0 aliphatic carbocycles. The van der Waals surface area contributed by atoms with E-state index in [4.69, 9.17) is 4.74 Å². The van der Waals surface area contributed by atoms with Gasteiger partial charge in [0.15, 0.2) is 0 Å². The molecule has 0 N–H and O–H groups in total. The molecule has 1 aromatic carbocycles. The third-order valence-corrected chi connectivity index (χ3v) is 2.19. The lowest BCUT2D eigenvalue weighted by molar-refractivity contribution is 0.414. The molecule has 0 aliphatic rings. The van der Waals surface area contributed by atoms with Crippen molar-refractivity contribution in [2.45, 2.75) is 13.8 Å². The molecule has 0 radical (unpaired) electrons. The highest BCUT2D eigenvalue weighted by atomic mass is 16.5. The average molecular weight is 215 g/mol. The second-order valence-corrected chi connectivity index (χ2v) is 3.47. The van der Waals surface area contributed by atoms with Gasteiger partial charge in [0, 0.05) is 11.4 Å². The van der Waals surface area contributed by atoms with Crippen LogP contribution < -0.4 is 4.74 Å². The Morgan fingerprint density at radius 1 is 1.38 bits per heavy atom. The molecule has 2 heteroatoms. The third-order valence-electron chi connectivity index (χ3n) is 2.19. The van der Waals surface area contributed by atoms with Crippen LogP contribution in [0.3, 0.4) is 0 Å². The topological polar surface area (TPSA) is 21.6 Å². The summed E-state index contributed by atoms with van der Waals surface area (Å²) in [5.41, 5.74) is 2.97. The highest BCUT2D eigenvalue weighted by Gasteiger charge is 1.99. The number of rotatable bonds is 4. The van der Waals surface area contributed by atoms with E-state index in [1.165, 1.54) is 0 Å². The van der Waals surface area contributed by atoms with E-state index in [0.717, 1.165) is 22.7 Å². The van der Waals surface area contributed by atoms with Gasteiger partial charge in [-0.25, -0.2) is 0 Å². The van der Waals surface area contributed by atoms with E-state index in [-0.39, 0.29) is 0 Å². The Labute approximate surface area is 97.0 Å². The molecule has 1 rings (SSSR count). The minimum Gasteiger partial charge on any atom is -0.497 e. The summed E-state index contributed by atoms with van der Waals surface area (Å²) in [5.74, 6) is 0.845. The summed E-state index contributed by atoms with van der Waals surface area (Å²) in [6.45, 7) is 7.57. The van der Waals surface area contributed by atoms with Gasteiger partial charge in [-0.2, -0.15) is 0 Å². The van der Waals surface area contributed by atoms with Crippen LogP contribution in [0.4, 0.5) is 0 Å². The molecule has 2 nitrogen and oxygen atoms in total. The number of aliphatic imine (C=N–C) groups is 1. The van der Waals surface area contributed by atoms with Crippen LogP contribution >= 0.6 is 0 Å². The number of hydrogen-bond acceptors (Lipinski definition) is 2. The Morgan fingerprint density at radius 3 is 2.75 bits per heavy atom. The monoisotopic (exact) mass is 215 g/mol. The molecule has 0 heterocycles. The molecular formula is C14H17NO. The fourth-order valence-corrected chi connectivity index (χ4v) is 1.39. The zero-order chi connectivity index (χ0) is 12.0. The summed E-state index contributed by atoms with van der Waals surface area (Å²) in [6.07, 6.45) is 3.61. The predicted octanol–water partition coefficient (Wildman–Crippen LogP) is 3.59. The van der Waals surface area contributed by atoms with Crippen LogP contribution in [0, 0.1) is 0 Å². The normalized spacial score (nSPS) is 12.4. The number of nitrogens with zero attached hydrogens (tertiary/aromatic N) is 1. The first-order chi connectivity index (χ1) is 7.67. The fraction of sp³-hybridized carbons (Fsp3) is 0.214. The average Bonchev–Trinajstić information content (AvgIpc) is 2.29. The zero-order valence-corrected chi connectivity index (χ0v) is 10.0.